The largest absolute Gasteiger partial charge is 0.550 e. The summed E-state index contributed by atoms with van der Waals surface area (Å²) in [4.78, 5) is 18.5. The maximum absolute atomic E-state index is 10.4. The van der Waals surface area contributed by atoms with Crippen LogP contribution in [0.3, 0.4) is 0 Å². The summed E-state index contributed by atoms with van der Waals surface area (Å²) < 4.78 is 0. The minimum atomic E-state index is -1.26. The zero-order chi connectivity index (χ0) is 12.1. The summed E-state index contributed by atoms with van der Waals surface area (Å²) in [6.07, 6.45) is 2.26. The van der Waals surface area contributed by atoms with Crippen LogP contribution in [-0.2, 0) is 17.6 Å². The molecule has 0 saturated carbocycles. The predicted octanol–water partition coefficient (Wildman–Crippen LogP) is 1.42. The number of aliphatic carboxylic acids is 1. The van der Waals surface area contributed by atoms with E-state index in [0.29, 0.717) is 12.2 Å². The SMILES string of the molecule is CCCCc1nc(Cl)c(CC(=O)[O-])c(Cl)n1. The standard InChI is InChI=1S/C10H12Cl2N2O2/c1-2-3-4-7-13-9(11)6(5-8(15)16)10(12)14-7/h2-5H2,1H3,(H,15,16)/p-1. The van der Waals surface area contributed by atoms with Crippen LogP contribution in [0.4, 0.5) is 0 Å². The number of halogens is 2. The number of aryl methyl sites for hydroxylation is 1. The Bertz CT molecular complexity index is 373. The maximum atomic E-state index is 10.4. The van der Waals surface area contributed by atoms with E-state index in [4.69, 9.17) is 23.2 Å². The van der Waals surface area contributed by atoms with Crippen molar-refractivity contribution in [2.75, 3.05) is 0 Å². The van der Waals surface area contributed by atoms with Crippen molar-refractivity contribution in [3.63, 3.8) is 0 Å². The van der Waals surface area contributed by atoms with Crippen LogP contribution in [0.15, 0.2) is 0 Å². The Morgan fingerprint density at radius 2 is 1.88 bits per heavy atom. The highest BCUT2D eigenvalue weighted by molar-refractivity contribution is 6.34. The quantitative estimate of drug-likeness (QED) is 0.752. The molecule has 0 radical (unpaired) electrons. The van der Waals surface area contributed by atoms with Crippen molar-refractivity contribution < 1.29 is 9.90 Å². The summed E-state index contributed by atoms with van der Waals surface area (Å²) in [6, 6.07) is 0. The van der Waals surface area contributed by atoms with Crippen LogP contribution in [0.25, 0.3) is 0 Å². The van der Waals surface area contributed by atoms with E-state index in [1.807, 2.05) is 6.92 Å². The number of unbranched alkanes of at least 4 members (excludes halogenated alkanes) is 1. The lowest BCUT2D eigenvalue weighted by atomic mass is 10.2. The third-order valence-electron chi connectivity index (χ3n) is 2.03. The zero-order valence-electron chi connectivity index (χ0n) is 8.80. The van der Waals surface area contributed by atoms with E-state index in [2.05, 4.69) is 9.97 Å². The molecule has 0 saturated heterocycles. The van der Waals surface area contributed by atoms with Crippen LogP contribution in [-0.4, -0.2) is 15.9 Å². The first kappa shape index (κ1) is 13.2. The number of aromatic nitrogens is 2. The second kappa shape index (κ2) is 6.01. The Morgan fingerprint density at radius 3 is 2.31 bits per heavy atom. The highest BCUT2D eigenvalue weighted by Crippen LogP contribution is 2.22. The van der Waals surface area contributed by atoms with Crippen molar-refractivity contribution in [1.82, 2.24) is 9.97 Å². The number of carboxylic acid groups (broad SMARTS) is 1. The molecule has 0 spiro atoms. The van der Waals surface area contributed by atoms with E-state index in [0.717, 1.165) is 12.8 Å². The molecule has 1 aromatic heterocycles. The van der Waals surface area contributed by atoms with E-state index in [9.17, 15) is 9.90 Å². The molecule has 0 aromatic carbocycles. The topological polar surface area (TPSA) is 65.9 Å². The van der Waals surface area contributed by atoms with Gasteiger partial charge in [0.25, 0.3) is 0 Å². The van der Waals surface area contributed by atoms with E-state index in [-0.39, 0.29) is 22.3 Å². The third-order valence-corrected chi connectivity index (χ3v) is 2.65. The van der Waals surface area contributed by atoms with Gasteiger partial charge in [0.2, 0.25) is 0 Å². The first-order chi connectivity index (χ1) is 7.54. The molecule has 0 bridgehead atoms. The fourth-order valence-electron chi connectivity index (χ4n) is 1.21. The van der Waals surface area contributed by atoms with Gasteiger partial charge in [0.15, 0.2) is 0 Å². The number of hydrogen-bond donors (Lipinski definition) is 0. The molecular formula is C10H11Cl2N2O2-. The fraction of sp³-hybridized carbons (Fsp3) is 0.500. The van der Waals surface area contributed by atoms with Crippen molar-refractivity contribution in [3.05, 3.63) is 21.7 Å². The molecule has 0 aliphatic heterocycles. The van der Waals surface area contributed by atoms with Gasteiger partial charge in [-0.05, 0) is 6.42 Å². The van der Waals surface area contributed by atoms with Crippen molar-refractivity contribution in [2.24, 2.45) is 0 Å². The van der Waals surface area contributed by atoms with Crippen LogP contribution in [0.5, 0.6) is 0 Å². The summed E-state index contributed by atoms with van der Waals surface area (Å²) in [5.41, 5.74) is 0.212. The number of hydrogen-bond acceptors (Lipinski definition) is 4. The van der Waals surface area contributed by atoms with Crippen LogP contribution in [0, 0.1) is 0 Å². The monoisotopic (exact) mass is 261 g/mol. The Hall–Kier alpha value is -0.870. The van der Waals surface area contributed by atoms with Gasteiger partial charge in [0, 0.05) is 24.4 Å². The first-order valence-electron chi connectivity index (χ1n) is 4.95. The molecular weight excluding hydrogens is 251 g/mol. The van der Waals surface area contributed by atoms with Crippen molar-refractivity contribution >= 4 is 29.2 Å². The van der Waals surface area contributed by atoms with Crippen LogP contribution in [0.1, 0.15) is 31.2 Å². The van der Waals surface area contributed by atoms with E-state index in [1.54, 1.807) is 0 Å². The van der Waals surface area contributed by atoms with E-state index < -0.39 is 5.97 Å². The van der Waals surface area contributed by atoms with Crippen LogP contribution in [0.2, 0.25) is 10.3 Å². The molecule has 4 nitrogen and oxygen atoms in total. The van der Waals surface area contributed by atoms with Gasteiger partial charge in [0.05, 0.1) is 0 Å². The minimum Gasteiger partial charge on any atom is -0.550 e. The van der Waals surface area contributed by atoms with Gasteiger partial charge in [-0.2, -0.15) is 0 Å². The summed E-state index contributed by atoms with van der Waals surface area (Å²) in [5.74, 6) is -0.715. The number of carbonyl (C=O) groups excluding carboxylic acids is 1. The predicted molar refractivity (Wildman–Crippen MR) is 59.4 cm³/mol. The summed E-state index contributed by atoms with van der Waals surface area (Å²) in [7, 11) is 0. The van der Waals surface area contributed by atoms with Crippen molar-refractivity contribution in [2.45, 2.75) is 32.6 Å². The Morgan fingerprint density at radius 1 is 1.31 bits per heavy atom. The molecule has 0 atom stereocenters. The molecule has 6 heteroatoms. The lowest BCUT2D eigenvalue weighted by molar-refractivity contribution is -0.304. The highest BCUT2D eigenvalue weighted by atomic mass is 35.5. The van der Waals surface area contributed by atoms with Gasteiger partial charge in [0.1, 0.15) is 16.1 Å². The molecule has 0 amide bonds. The molecule has 0 aliphatic carbocycles. The Labute approximate surface area is 104 Å². The van der Waals surface area contributed by atoms with Crippen molar-refractivity contribution in [1.29, 1.82) is 0 Å². The number of nitrogens with zero attached hydrogens (tertiary/aromatic N) is 2. The fourth-order valence-corrected chi connectivity index (χ4v) is 1.76. The average molecular weight is 262 g/mol. The molecule has 0 fully saturated rings. The van der Waals surface area contributed by atoms with Gasteiger partial charge in [-0.15, -0.1) is 0 Å². The second-order valence-electron chi connectivity index (χ2n) is 3.35. The molecule has 88 valence electrons. The van der Waals surface area contributed by atoms with E-state index in [1.165, 1.54) is 0 Å². The average Bonchev–Trinajstić information content (AvgIpc) is 2.20. The first-order valence-corrected chi connectivity index (χ1v) is 5.70. The second-order valence-corrected chi connectivity index (χ2v) is 4.07. The lowest BCUT2D eigenvalue weighted by Crippen LogP contribution is -2.25. The van der Waals surface area contributed by atoms with Gasteiger partial charge >= 0.3 is 0 Å². The molecule has 0 aliphatic rings. The summed E-state index contributed by atoms with van der Waals surface area (Å²) in [6.45, 7) is 2.05. The van der Waals surface area contributed by atoms with Crippen LogP contribution < -0.4 is 5.11 Å². The molecule has 1 aromatic rings. The minimum absolute atomic E-state index is 0.0929. The van der Waals surface area contributed by atoms with Crippen molar-refractivity contribution in [3.8, 4) is 0 Å². The third kappa shape index (κ3) is 3.61. The van der Waals surface area contributed by atoms with Gasteiger partial charge in [-0.25, -0.2) is 9.97 Å². The smallest absolute Gasteiger partial charge is 0.137 e. The van der Waals surface area contributed by atoms with Crippen LogP contribution >= 0.6 is 23.2 Å². The molecule has 0 unspecified atom stereocenters. The summed E-state index contributed by atoms with van der Waals surface area (Å²) in [5, 5.41) is 10.6. The van der Waals surface area contributed by atoms with Gasteiger partial charge in [-0.1, -0.05) is 36.5 Å². The lowest BCUT2D eigenvalue weighted by Gasteiger charge is -2.08. The number of rotatable bonds is 5. The zero-order valence-corrected chi connectivity index (χ0v) is 10.3. The molecule has 1 rings (SSSR count). The number of carbonyl (C=O) groups is 1. The highest BCUT2D eigenvalue weighted by Gasteiger charge is 2.11. The molecule has 16 heavy (non-hydrogen) atoms. The van der Waals surface area contributed by atoms with Gasteiger partial charge in [-0.3, -0.25) is 0 Å². The maximum Gasteiger partial charge on any atom is 0.137 e. The number of carboxylic acids is 1. The summed E-state index contributed by atoms with van der Waals surface area (Å²) >= 11 is 11.7. The molecule has 0 N–H and O–H groups in total. The normalized spacial score (nSPS) is 10.4. The Kier molecular flexibility index (Phi) is 4.96. The van der Waals surface area contributed by atoms with E-state index >= 15 is 0 Å². The Balaban J connectivity index is 2.93. The van der Waals surface area contributed by atoms with Gasteiger partial charge < -0.3 is 9.90 Å². The molecule has 1 heterocycles.